The highest BCUT2D eigenvalue weighted by Gasteiger charge is 2.26. The van der Waals surface area contributed by atoms with E-state index in [-0.39, 0.29) is 6.04 Å². The lowest BCUT2D eigenvalue weighted by molar-refractivity contribution is 0.352. The van der Waals surface area contributed by atoms with Gasteiger partial charge in [0.05, 0.1) is 6.04 Å². The summed E-state index contributed by atoms with van der Waals surface area (Å²) < 4.78 is 28.6. The molecule has 0 aliphatic carbocycles. The second kappa shape index (κ2) is 6.27. The van der Waals surface area contributed by atoms with Crippen molar-refractivity contribution in [3.8, 4) is 0 Å². The van der Waals surface area contributed by atoms with Crippen molar-refractivity contribution in [2.75, 3.05) is 26.2 Å². The quantitative estimate of drug-likeness (QED) is 0.831. The Morgan fingerprint density at radius 2 is 2.21 bits per heavy atom. The number of aryl methyl sites for hydroxylation is 1. The summed E-state index contributed by atoms with van der Waals surface area (Å²) in [5.41, 5.74) is 0. The summed E-state index contributed by atoms with van der Waals surface area (Å²) in [6, 6.07) is -0.287. The molecule has 1 atom stereocenters. The molecule has 1 unspecified atom stereocenters. The fourth-order valence-corrected chi connectivity index (χ4v) is 4.22. The van der Waals surface area contributed by atoms with Crippen LogP contribution in [0.2, 0.25) is 0 Å². The van der Waals surface area contributed by atoms with E-state index in [0.717, 1.165) is 11.4 Å². The van der Waals surface area contributed by atoms with Crippen LogP contribution in [0.25, 0.3) is 0 Å². The summed E-state index contributed by atoms with van der Waals surface area (Å²) in [5, 5.41) is 3.95. The van der Waals surface area contributed by atoms with Crippen LogP contribution in [0.4, 0.5) is 0 Å². The normalized spacial score (nSPS) is 19.5. The molecule has 0 aromatic carbocycles. The van der Waals surface area contributed by atoms with Crippen molar-refractivity contribution in [1.29, 1.82) is 0 Å². The molecule has 2 N–H and O–H groups in total. The third-order valence-corrected chi connectivity index (χ3v) is 6.05. The van der Waals surface area contributed by atoms with Crippen LogP contribution < -0.4 is 10.0 Å². The molecule has 1 aliphatic heterocycles. The molecular formula is C11H20N4O2S2. The van der Waals surface area contributed by atoms with Crippen LogP contribution in [0.3, 0.4) is 0 Å². The molecule has 1 aliphatic rings. The zero-order chi connectivity index (χ0) is 13.9. The maximum Gasteiger partial charge on any atom is 0.280 e. The highest BCUT2D eigenvalue weighted by Crippen LogP contribution is 2.21. The van der Waals surface area contributed by atoms with Gasteiger partial charge in [-0.2, -0.15) is 17.4 Å². The lowest BCUT2D eigenvalue weighted by atomic mass is 10.4. The Bertz CT molecular complexity index is 509. The number of nitrogens with one attached hydrogen (secondary N) is 2. The van der Waals surface area contributed by atoms with Gasteiger partial charge < -0.3 is 5.32 Å². The molecule has 1 fully saturated rings. The molecule has 2 heterocycles. The van der Waals surface area contributed by atoms with E-state index in [1.54, 1.807) is 11.3 Å². The number of hydrogen-bond donors (Lipinski definition) is 2. The zero-order valence-corrected chi connectivity index (χ0v) is 12.9. The summed E-state index contributed by atoms with van der Waals surface area (Å²) in [5.74, 6) is 0. The largest absolute Gasteiger partial charge is 0.314 e. The Kier molecular flexibility index (Phi) is 4.91. The predicted molar refractivity (Wildman–Crippen MR) is 76.4 cm³/mol. The van der Waals surface area contributed by atoms with Crippen LogP contribution in [0.1, 0.15) is 29.8 Å². The van der Waals surface area contributed by atoms with Crippen LogP contribution in [-0.2, 0) is 16.6 Å². The van der Waals surface area contributed by atoms with E-state index in [0.29, 0.717) is 26.2 Å². The van der Waals surface area contributed by atoms with Crippen molar-refractivity contribution in [1.82, 2.24) is 19.3 Å². The third kappa shape index (κ3) is 3.73. The van der Waals surface area contributed by atoms with Crippen molar-refractivity contribution < 1.29 is 8.42 Å². The lowest BCUT2D eigenvalue weighted by Gasteiger charge is -2.27. The maximum atomic E-state index is 12.2. The van der Waals surface area contributed by atoms with E-state index in [4.69, 9.17) is 0 Å². The second-order valence-electron chi connectivity index (χ2n) is 4.51. The Labute approximate surface area is 118 Å². The molecule has 1 aromatic heterocycles. The van der Waals surface area contributed by atoms with Crippen molar-refractivity contribution in [2.45, 2.75) is 26.3 Å². The summed E-state index contributed by atoms with van der Waals surface area (Å²) >= 11 is 1.56. The molecule has 8 heteroatoms. The first-order valence-corrected chi connectivity index (χ1v) is 8.71. The first kappa shape index (κ1) is 14.9. The van der Waals surface area contributed by atoms with E-state index in [1.807, 2.05) is 13.1 Å². The van der Waals surface area contributed by atoms with Gasteiger partial charge in [0, 0.05) is 37.3 Å². The van der Waals surface area contributed by atoms with Gasteiger partial charge in [-0.25, -0.2) is 4.98 Å². The minimum Gasteiger partial charge on any atom is -0.314 e. The molecule has 1 saturated heterocycles. The molecule has 19 heavy (non-hydrogen) atoms. The predicted octanol–water partition coefficient (Wildman–Crippen LogP) is 0.506. The van der Waals surface area contributed by atoms with Gasteiger partial charge in [-0.1, -0.05) is 6.92 Å². The molecule has 108 valence electrons. The average Bonchev–Trinajstić information content (AvgIpc) is 2.88. The van der Waals surface area contributed by atoms with Crippen LogP contribution >= 0.6 is 11.3 Å². The molecule has 1 aromatic rings. The fourth-order valence-electron chi connectivity index (χ4n) is 1.92. The Morgan fingerprint density at radius 3 is 2.79 bits per heavy atom. The van der Waals surface area contributed by atoms with Gasteiger partial charge in [0.25, 0.3) is 10.2 Å². The number of piperazine rings is 1. The first-order chi connectivity index (χ1) is 9.03. The average molecular weight is 304 g/mol. The standard InChI is InChI=1S/C11H20N4O2S2/c1-3-10-8-13-11(18-10)9(2)14-19(16,17)15-6-4-12-5-7-15/h8-9,12,14H,3-7H2,1-2H3. The SMILES string of the molecule is CCc1cnc(C(C)NS(=O)(=O)N2CCNCC2)s1. The molecule has 0 spiro atoms. The molecule has 0 amide bonds. The van der Waals surface area contributed by atoms with Gasteiger partial charge >= 0.3 is 0 Å². The topological polar surface area (TPSA) is 74.3 Å². The van der Waals surface area contributed by atoms with Crippen molar-refractivity contribution in [3.05, 3.63) is 16.1 Å². The second-order valence-corrected chi connectivity index (χ2v) is 7.36. The van der Waals surface area contributed by atoms with Gasteiger partial charge in [-0.05, 0) is 13.3 Å². The van der Waals surface area contributed by atoms with E-state index in [9.17, 15) is 8.42 Å². The van der Waals surface area contributed by atoms with Crippen molar-refractivity contribution in [2.24, 2.45) is 0 Å². The monoisotopic (exact) mass is 304 g/mol. The van der Waals surface area contributed by atoms with Crippen molar-refractivity contribution >= 4 is 21.5 Å². The lowest BCUT2D eigenvalue weighted by Crippen LogP contribution is -2.50. The van der Waals surface area contributed by atoms with Crippen LogP contribution in [0.5, 0.6) is 0 Å². The van der Waals surface area contributed by atoms with Gasteiger partial charge in [0.2, 0.25) is 0 Å². The van der Waals surface area contributed by atoms with Crippen molar-refractivity contribution in [3.63, 3.8) is 0 Å². The van der Waals surface area contributed by atoms with Gasteiger partial charge in [-0.15, -0.1) is 11.3 Å². The van der Waals surface area contributed by atoms with E-state index >= 15 is 0 Å². The van der Waals surface area contributed by atoms with E-state index in [2.05, 4.69) is 21.9 Å². The molecular weight excluding hydrogens is 284 g/mol. The summed E-state index contributed by atoms with van der Waals surface area (Å²) in [7, 11) is -3.42. The smallest absolute Gasteiger partial charge is 0.280 e. The Morgan fingerprint density at radius 1 is 1.53 bits per heavy atom. The fraction of sp³-hybridized carbons (Fsp3) is 0.727. The van der Waals surface area contributed by atoms with Gasteiger partial charge in [-0.3, -0.25) is 0 Å². The van der Waals surface area contributed by atoms with E-state index in [1.165, 1.54) is 9.18 Å². The number of aromatic nitrogens is 1. The number of thiazole rings is 1. The third-order valence-electron chi connectivity index (χ3n) is 3.03. The first-order valence-electron chi connectivity index (χ1n) is 6.45. The summed E-state index contributed by atoms with van der Waals surface area (Å²) in [4.78, 5) is 5.45. The molecule has 0 saturated carbocycles. The van der Waals surface area contributed by atoms with E-state index < -0.39 is 10.2 Å². The summed E-state index contributed by atoms with van der Waals surface area (Å²) in [6.45, 7) is 6.32. The molecule has 2 rings (SSSR count). The minimum absolute atomic E-state index is 0.287. The number of hydrogen-bond acceptors (Lipinski definition) is 5. The Balaban J connectivity index is 2.02. The minimum atomic E-state index is -3.42. The molecule has 0 radical (unpaired) electrons. The molecule has 0 bridgehead atoms. The summed E-state index contributed by atoms with van der Waals surface area (Å²) in [6.07, 6.45) is 2.74. The zero-order valence-electron chi connectivity index (χ0n) is 11.2. The van der Waals surface area contributed by atoms with Crippen LogP contribution in [-0.4, -0.2) is 43.9 Å². The highest BCUT2D eigenvalue weighted by molar-refractivity contribution is 7.87. The molecule has 6 nitrogen and oxygen atoms in total. The van der Waals surface area contributed by atoms with Crippen LogP contribution in [0.15, 0.2) is 6.20 Å². The highest BCUT2D eigenvalue weighted by atomic mass is 32.2. The number of rotatable bonds is 5. The number of nitrogens with zero attached hydrogens (tertiary/aromatic N) is 2. The van der Waals surface area contributed by atoms with Crippen LogP contribution in [0, 0.1) is 0 Å². The maximum absolute atomic E-state index is 12.2. The van der Waals surface area contributed by atoms with Gasteiger partial charge in [0.1, 0.15) is 5.01 Å². The van der Waals surface area contributed by atoms with Gasteiger partial charge in [0.15, 0.2) is 0 Å². The Hall–Kier alpha value is -0.540.